The second-order valence-electron chi connectivity index (χ2n) is 34.6. The van der Waals surface area contributed by atoms with Gasteiger partial charge in [-0.3, -0.25) is 52.9 Å². The summed E-state index contributed by atoms with van der Waals surface area (Å²) in [6, 6.07) is 29.1. The molecule has 0 saturated carbocycles. The molecule has 0 bridgehead atoms. The minimum Gasteiger partial charge on any atom is -0.423 e. The Morgan fingerprint density at radius 2 is 0.614 bits per heavy atom. The minimum atomic E-state index is -4.52. The van der Waals surface area contributed by atoms with E-state index in [0.29, 0.717) is 18.3 Å². The number of carbonyl (C=O) groups excluding carboxylic acids is 9. The molecule has 24 nitrogen and oxygen atoms in total. The average Bonchev–Trinajstić information content (AvgIpc) is 0.850. The van der Waals surface area contributed by atoms with Crippen molar-refractivity contribution in [1.82, 2.24) is 47.9 Å². The number of hydrogen-bond acceptors (Lipinski definition) is 22. The van der Waals surface area contributed by atoms with E-state index in [0.717, 1.165) is 140 Å². The van der Waals surface area contributed by atoms with E-state index in [1.54, 1.807) is 106 Å². The lowest BCUT2D eigenvalue weighted by atomic mass is 9.80. The SMILES string of the molecule is C=CCCCC(CCCC=C)(NC)C(C)=O.C=CCCCCCC[C@@](C)(NC)C(C)=O.C=CCCCCCC[C@](C)(NC)C(C)=O.C=CCCC[C@@](C)(NC)C(C)=O.C=CCCC[C@](C)(NC)C(C)=O.CN[C@@H](Cc1ccc(B(O)O)cc1)C(C)=O.CN[C@@H](Cc1ccc(C)cc1)C(C)=O.CN[C@@H](Cc1ccc(OP(=O)(O)O)cc1)C(C)=O.CN[C@@H](Cc1cccc(C)c1)C(C)=O. The highest BCUT2D eigenvalue weighted by Gasteiger charge is 2.33. The minimum absolute atomic E-state index is 0.0352. The lowest BCUT2D eigenvalue weighted by molar-refractivity contribution is -0.124. The lowest BCUT2D eigenvalue weighted by Crippen LogP contribution is -2.49. The number of Topliss-reactive ketones (excluding diaryl/α,β-unsaturated/α-hetero) is 9. The number of benzene rings is 4. The molecule has 746 valence electrons. The van der Waals surface area contributed by atoms with Gasteiger partial charge in [-0.1, -0.05) is 171 Å². The Morgan fingerprint density at radius 1 is 0.348 bits per heavy atom. The van der Waals surface area contributed by atoms with E-state index in [1.165, 1.54) is 79.8 Å². The van der Waals surface area contributed by atoms with Crippen LogP contribution in [-0.2, 0) is 73.4 Å². The third-order valence-corrected chi connectivity index (χ3v) is 24.5. The summed E-state index contributed by atoms with van der Waals surface area (Å²) in [7, 11) is 10.4. The smallest absolute Gasteiger partial charge is 0.423 e. The number of phosphoric ester groups is 1. The highest BCUT2D eigenvalue weighted by atomic mass is 31.2. The molecule has 8 atom stereocenters. The van der Waals surface area contributed by atoms with Crippen LogP contribution in [0.3, 0.4) is 0 Å². The van der Waals surface area contributed by atoms with Crippen molar-refractivity contribution < 1.29 is 72.1 Å². The first kappa shape index (κ1) is 132. The fourth-order valence-electron chi connectivity index (χ4n) is 13.3. The standard InChI is InChI=1S/C14H25NO.2C13H25NO.2C12H17NO.C11H16BNO3.C11H16NO5P.2C10H19NO/c1-5-7-9-11-14(15-4,13(3)16)12-10-8-6-2;2*1-5-6-7-8-9-10-11-13(3,14-4)12(2)15;1-9-4-6-11(7-5-9)8-12(13-3)10(2)14;1-9-5-4-6-11(7-9)8-12(13-3)10(2)14;1-8(14)11(13-2)7-9-3-5-10(6-4-9)12(15)16;1-8(13)11(12-2)7-9-3-5-10(6-4-9)17-18(14,15)16;2*1-5-6-7-8-10(3,11-4)9(2)12/h5-6,15H,1-2,7-12H2,3-4H3;2*5,14H,1,6-11H2,2-4H3;2*4-7,12-13H,8H2,1-3H3;3-6,11,13,15-16H,7H2,1-2H3;3-6,11-12H,7H2,1-2H3,(H2,14,15,16);2*5,11H,1,6-8H2,2-4H3/t;2*13-;2*12-;2*11-;2*10-/m.10000010/s1. The van der Waals surface area contributed by atoms with Gasteiger partial charge in [0.15, 0.2) is 0 Å². The van der Waals surface area contributed by atoms with Gasteiger partial charge >= 0.3 is 14.9 Å². The monoisotopic (exact) mass is 1860 g/mol. The molecule has 4 aromatic carbocycles. The maximum atomic E-state index is 11.8. The molecule has 0 heterocycles. The summed E-state index contributed by atoms with van der Waals surface area (Å²) in [6.45, 7) is 48.6. The summed E-state index contributed by atoms with van der Waals surface area (Å²) in [4.78, 5) is 119. The van der Waals surface area contributed by atoms with Gasteiger partial charge in [-0.15, -0.1) is 39.5 Å². The predicted octanol–water partition coefficient (Wildman–Crippen LogP) is 16.6. The Balaban J connectivity index is -0.000000459. The van der Waals surface area contributed by atoms with Crippen molar-refractivity contribution in [1.29, 1.82) is 0 Å². The second-order valence-corrected chi connectivity index (χ2v) is 35.8. The molecule has 0 radical (unpaired) electrons. The fraction of sp³-hybridized carbons (Fsp3) is 0.575. The summed E-state index contributed by atoms with van der Waals surface area (Å²) in [6.07, 6.45) is 39.3. The van der Waals surface area contributed by atoms with Gasteiger partial charge in [0.05, 0.1) is 51.9 Å². The van der Waals surface area contributed by atoms with Crippen LogP contribution in [0.1, 0.15) is 277 Å². The number of hydrogen-bond donors (Lipinski definition) is 13. The summed E-state index contributed by atoms with van der Waals surface area (Å²) in [5, 5.41) is 45.3. The normalized spacial score (nSPS) is 13.4. The largest absolute Gasteiger partial charge is 0.524 e. The van der Waals surface area contributed by atoms with Gasteiger partial charge in [0, 0.05) is 0 Å². The molecular weight excluding hydrogens is 1680 g/mol. The first-order valence-corrected chi connectivity index (χ1v) is 48.3. The third kappa shape index (κ3) is 63.2. The van der Waals surface area contributed by atoms with Crippen LogP contribution in [0.25, 0.3) is 0 Å². The number of aryl methyl sites for hydroxylation is 2. The van der Waals surface area contributed by atoms with Crippen LogP contribution in [0.4, 0.5) is 0 Å². The van der Waals surface area contributed by atoms with Gasteiger partial charge in [-0.05, 0) is 348 Å². The molecule has 4 aromatic rings. The Hall–Kier alpha value is -8.08. The van der Waals surface area contributed by atoms with Crippen LogP contribution in [0.15, 0.2) is 173 Å². The van der Waals surface area contributed by atoms with E-state index in [4.69, 9.17) is 19.8 Å². The van der Waals surface area contributed by atoms with Gasteiger partial charge in [0.1, 0.15) is 57.8 Å². The molecule has 0 aliphatic heterocycles. The number of nitrogens with one attached hydrogen (secondary N) is 9. The molecule has 0 unspecified atom stereocenters. The zero-order valence-corrected chi connectivity index (χ0v) is 86.8. The van der Waals surface area contributed by atoms with Crippen molar-refractivity contribution in [3.63, 3.8) is 0 Å². The number of likely N-dealkylation sites (N-methyl/N-ethyl adjacent to an activating group) is 9. The molecule has 0 aliphatic rings. The van der Waals surface area contributed by atoms with Crippen LogP contribution in [0.2, 0.25) is 0 Å². The van der Waals surface area contributed by atoms with Crippen molar-refractivity contribution in [3.05, 3.63) is 206 Å². The maximum absolute atomic E-state index is 11.8. The number of carbonyl (C=O) groups is 9. The molecule has 0 fully saturated rings. The first-order chi connectivity index (χ1) is 62.0. The highest BCUT2D eigenvalue weighted by Crippen LogP contribution is 2.37. The molecule has 0 aromatic heterocycles. The van der Waals surface area contributed by atoms with Gasteiger partial charge in [0.2, 0.25) is 0 Å². The number of ketones is 9. The van der Waals surface area contributed by atoms with Crippen LogP contribution in [-0.4, -0.2) is 194 Å². The number of unbranched alkanes of at least 4 members (excludes halogenated alkanes) is 12. The van der Waals surface area contributed by atoms with E-state index >= 15 is 0 Å². The molecule has 4 rings (SSSR count). The summed E-state index contributed by atoms with van der Waals surface area (Å²) in [5.74, 6) is 1.71. The van der Waals surface area contributed by atoms with Crippen LogP contribution < -0.4 is 57.8 Å². The molecule has 0 spiro atoms. The topological polar surface area (TPSA) is 369 Å². The van der Waals surface area contributed by atoms with Crippen molar-refractivity contribution in [2.24, 2.45) is 0 Å². The van der Waals surface area contributed by atoms with Crippen LogP contribution in [0, 0.1) is 13.8 Å². The lowest BCUT2D eigenvalue weighted by Gasteiger charge is -2.31. The van der Waals surface area contributed by atoms with Gasteiger partial charge in [-0.25, -0.2) is 4.57 Å². The second kappa shape index (κ2) is 77.1. The predicted molar refractivity (Wildman–Crippen MR) is 554 cm³/mol. The molecule has 0 amide bonds. The van der Waals surface area contributed by atoms with E-state index in [9.17, 15) is 47.7 Å². The molecule has 0 aliphatic carbocycles. The van der Waals surface area contributed by atoms with Gasteiger partial charge in [-0.2, -0.15) is 0 Å². The quantitative estimate of drug-likeness (QED) is 0.00845. The number of phosphoric acid groups is 1. The molecule has 26 heteroatoms. The zero-order chi connectivity index (χ0) is 102. The Kier molecular flexibility index (Phi) is 77.4. The van der Waals surface area contributed by atoms with E-state index in [-0.39, 0.29) is 110 Å². The van der Waals surface area contributed by atoms with Crippen molar-refractivity contribution in [2.75, 3.05) is 63.4 Å². The third-order valence-electron chi connectivity index (χ3n) is 24.1. The molecule has 13 N–H and O–H groups in total. The zero-order valence-electron chi connectivity index (χ0n) is 85.9. The van der Waals surface area contributed by atoms with Crippen LogP contribution in [0.5, 0.6) is 5.75 Å². The Morgan fingerprint density at radius 3 is 0.856 bits per heavy atom. The summed E-state index contributed by atoms with van der Waals surface area (Å²) in [5.41, 5.74) is 5.53. The summed E-state index contributed by atoms with van der Waals surface area (Å²) < 4.78 is 15.0. The summed E-state index contributed by atoms with van der Waals surface area (Å²) >= 11 is 0. The molecular formula is C106H179BN9O15P. The maximum Gasteiger partial charge on any atom is 0.524 e. The van der Waals surface area contributed by atoms with E-state index in [1.807, 2.05) is 120 Å². The van der Waals surface area contributed by atoms with Crippen molar-refractivity contribution in [2.45, 2.75) is 336 Å². The Labute approximate surface area is 799 Å². The molecule has 132 heavy (non-hydrogen) atoms. The van der Waals surface area contributed by atoms with Crippen LogP contribution >= 0.6 is 7.82 Å². The van der Waals surface area contributed by atoms with Crippen molar-refractivity contribution in [3.8, 4) is 5.75 Å². The Bertz CT molecular complexity index is 3870. The number of allylic oxidation sites excluding steroid dienone is 6. The van der Waals surface area contributed by atoms with Gasteiger partial charge < -0.3 is 62.4 Å². The first-order valence-electron chi connectivity index (χ1n) is 46.8. The highest BCUT2D eigenvalue weighted by molar-refractivity contribution is 7.46. The van der Waals surface area contributed by atoms with Gasteiger partial charge in [0.25, 0.3) is 0 Å². The molecule has 0 saturated heterocycles. The van der Waals surface area contributed by atoms with E-state index < -0.39 is 14.9 Å². The number of rotatable bonds is 59. The van der Waals surface area contributed by atoms with Crippen molar-refractivity contribution >= 4 is 72.5 Å². The average molecular weight is 1860 g/mol. The fourth-order valence-corrected chi connectivity index (χ4v) is 13.7. The van der Waals surface area contributed by atoms with E-state index in [2.05, 4.69) is 148 Å².